The van der Waals surface area contributed by atoms with Crippen molar-refractivity contribution >= 4 is 11.8 Å². The van der Waals surface area contributed by atoms with E-state index in [0.717, 1.165) is 40.7 Å². The van der Waals surface area contributed by atoms with Crippen molar-refractivity contribution < 1.29 is 4.79 Å². The Bertz CT molecular complexity index is 890. The molecule has 0 aromatic carbocycles. The van der Waals surface area contributed by atoms with Crippen molar-refractivity contribution in [2.45, 2.75) is 12.8 Å². The Balaban J connectivity index is 1.73. The summed E-state index contributed by atoms with van der Waals surface area (Å²) >= 11 is 0. The number of primary amides is 1. The minimum Gasteiger partial charge on any atom is -0.351 e. The number of nitrogens with zero attached hydrogens (tertiary/aromatic N) is 4. The average molecular weight is 320 g/mol. The summed E-state index contributed by atoms with van der Waals surface area (Å²) in [5.74, 6) is 0.663. The first kappa shape index (κ1) is 14.4. The third-order valence-electron chi connectivity index (χ3n) is 4.20. The second-order valence-corrected chi connectivity index (χ2v) is 5.75. The van der Waals surface area contributed by atoms with Gasteiger partial charge in [-0.15, -0.1) is 0 Å². The third kappa shape index (κ3) is 2.50. The first-order chi connectivity index (χ1) is 11.7. The Morgan fingerprint density at radius 3 is 2.62 bits per heavy atom. The van der Waals surface area contributed by atoms with E-state index in [1.165, 1.54) is 4.90 Å². The van der Waals surface area contributed by atoms with Crippen molar-refractivity contribution in [2.75, 3.05) is 11.4 Å². The number of hydrogen-bond acceptors (Lipinski definition) is 4. The molecule has 0 unspecified atom stereocenters. The lowest BCUT2D eigenvalue weighted by Crippen LogP contribution is -2.40. The van der Waals surface area contributed by atoms with Crippen molar-refractivity contribution in [3.8, 4) is 22.3 Å². The van der Waals surface area contributed by atoms with Crippen LogP contribution in [-0.4, -0.2) is 32.7 Å². The minimum atomic E-state index is -0.458. The lowest BCUT2D eigenvalue weighted by Gasteiger charge is -2.26. The second-order valence-electron chi connectivity index (χ2n) is 5.75. The van der Waals surface area contributed by atoms with Gasteiger partial charge >= 0.3 is 6.03 Å². The number of rotatable bonds is 2. The molecule has 0 saturated heterocycles. The van der Waals surface area contributed by atoms with Crippen LogP contribution in [0.15, 0.2) is 43.1 Å². The second kappa shape index (κ2) is 5.77. The van der Waals surface area contributed by atoms with Gasteiger partial charge in [-0.05, 0) is 30.5 Å². The predicted molar refractivity (Wildman–Crippen MR) is 90.3 cm³/mol. The summed E-state index contributed by atoms with van der Waals surface area (Å²) in [7, 11) is 0. The van der Waals surface area contributed by atoms with E-state index >= 15 is 0 Å². The van der Waals surface area contributed by atoms with Gasteiger partial charge in [0.15, 0.2) is 0 Å². The van der Waals surface area contributed by atoms with Gasteiger partial charge in [0.25, 0.3) is 0 Å². The highest BCUT2D eigenvalue weighted by Crippen LogP contribution is 2.30. The predicted octanol–water partition coefficient (Wildman–Crippen LogP) is 2.37. The van der Waals surface area contributed by atoms with Crippen LogP contribution < -0.4 is 10.6 Å². The number of nitrogens with two attached hydrogens (primary N) is 1. The summed E-state index contributed by atoms with van der Waals surface area (Å²) in [4.78, 5) is 21.9. The van der Waals surface area contributed by atoms with Crippen LogP contribution in [0.4, 0.5) is 10.6 Å². The molecule has 4 heterocycles. The monoisotopic (exact) mass is 320 g/mol. The molecule has 7 nitrogen and oxygen atoms in total. The molecule has 0 radical (unpaired) electrons. The summed E-state index contributed by atoms with van der Waals surface area (Å²) < 4.78 is 0. The van der Waals surface area contributed by atoms with E-state index in [1.54, 1.807) is 18.6 Å². The zero-order chi connectivity index (χ0) is 16.5. The van der Waals surface area contributed by atoms with Crippen LogP contribution in [0.3, 0.4) is 0 Å². The molecular formula is C17H16N6O. The molecule has 1 aliphatic heterocycles. The summed E-state index contributed by atoms with van der Waals surface area (Å²) in [6.07, 6.45) is 10.7. The number of amides is 2. The Labute approximate surface area is 138 Å². The van der Waals surface area contributed by atoms with Crippen molar-refractivity contribution in [3.05, 3.63) is 48.7 Å². The van der Waals surface area contributed by atoms with Crippen molar-refractivity contribution in [1.82, 2.24) is 20.2 Å². The standard InChI is InChI=1S/C17H16N6O/c18-17(24)23-3-1-2-11-4-14(8-20-16(11)23)12-5-13(7-19-6-12)15-9-21-22-10-15/h4-10H,1-3H2,(H2,18,24)(H,21,22). The van der Waals surface area contributed by atoms with Crippen molar-refractivity contribution in [2.24, 2.45) is 5.73 Å². The lowest BCUT2D eigenvalue weighted by atomic mass is 10.00. The topological polar surface area (TPSA) is 101 Å². The quantitative estimate of drug-likeness (QED) is 0.757. The molecule has 2 amide bonds. The Morgan fingerprint density at radius 1 is 1.08 bits per heavy atom. The number of aromatic nitrogens is 4. The van der Waals surface area contributed by atoms with Gasteiger partial charge < -0.3 is 5.73 Å². The van der Waals surface area contributed by atoms with Gasteiger partial charge in [0, 0.05) is 53.6 Å². The summed E-state index contributed by atoms with van der Waals surface area (Å²) in [5.41, 5.74) is 10.4. The van der Waals surface area contributed by atoms with E-state index in [9.17, 15) is 4.79 Å². The largest absolute Gasteiger partial charge is 0.351 e. The highest BCUT2D eigenvalue weighted by atomic mass is 16.2. The molecule has 0 spiro atoms. The number of aryl methyl sites for hydroxylation is 1. The smallest absolute Gasteiger partial charge is 0.320 e. The Morgan fingerprint density at radius 2 is 1.88 bits per heavy atom. The molecule has 24 heavy (non-hydrogen) atoms. The zero-order valence-electron chi connectivity index (χ0n) is 12.9. The van der Waals surface area contributed by atoms with Gasteiger partial charge in [-0.2, -0.15) is 5.10 Å². The van der Waals surface area contributed by atoms with Crippen LogP contribution in [0.5, 0.6) is 0 Å². The molecule has 0 aliphatic carbocycles. The fraction of sp³-hybridized carbons (Fsp3) is 0.176. The van der Waals surface area contributed by atoms with Crippen LogP contribution in [0.2, 0.25) is 0 Å². The van der Waals surface area contributed by atoms with E-state index in [0.29, 0.717) is 12.4 Å². The van der Waals surface area contributed by atoms with E-state index in [4.69, 9.17) is 5.73 Å². The molecule has 0 bridgehead atoms. The Hall–Kier alpha value is -3.22. The van der Waals surface area contributed by atoms with E-state index in [2.05, 4.69) is 32.3 Å². The first-order valence-corrected chi connectivity index (χ1v) is 7.73. The number of urea groups is 1. The number of nitrogens with one attached hydrogen (secondary N) is 1. The van der Waals surface area contributed by atoms with Crippen molar-refractivity contribution in [1.29, 1.82) is 0 Å². The molecule has 0 atom stereocenters. The molecule has 7 heteroatoms. The van der Waals surface area contributed by atoms with Crippen LogP contribution in [0.1, 0.15) is 12.0 Å². The van der Waals surface area contributed by atoms with E-state index < -0.39 is 6.03 Å². The normalized spacial score (nSPS) is 13.6. The van der Waals surface area contributed by atoms with Gasteiger partial charge in [0.05, 0.1) is 6.20 Å². The number of hydrogen-bond donors (Lipinski definition) is 2. The SMILES string of the molecule is NC(=O)N1CCCc2cc(-c3cncc(-c4cn[nH]c4)c3)cnc21. The number of aromatic amines is 1. The van der Waals surface area contributed by atoms with E-state index in [-0.39, 0.29) is 0 Å². The molecule has 3 aromatic heterocycles. The number of pyridine rings is 2. The van der Waals surface area contributed by atoms with E-state index in [1.807, 2.05) is 12.4 Å². The van der Waals surface area contributed by atoms with Gasteiger partial charge in [0.2, 0.25) is 0 Å². The van der Waals surface area contributed by atoms with Crippen LogP contribution >= 0.6 is 0 Å². The first-order valence-electron chi connectivity index (χ1n) is 7.73. The molecule has 0 saturated carbocycles. The molecule has 3 aromatic rings. The molecule has 3 N–H and O–H groups in total. The summed E-state index contributed by atoms with van der Waals surface area (Å²) in [6.45, 7) is 0.617. The Kier molecular flexibility index (Phi) is 3.45. The maximum absolute atomic E-state index is 11.5. The molecule has 0 fully saturated rings. The van der Waals surface area contributed by atoms with Crippen LogP contribution in [0.25, 0.3) is 22.3 Å². The number of carbonyl (C=O) groups excluding carboxylic acids is 1. The lowest BCUT2D eigenvalue weighted by molar-refractivity contribution is 0.253. The maximum Gasteiger partial charge on any atom is 0.320 e. The summed E-state index contributed by atoms with van der Waals surface area (Å²) in [5, 5.41) is 6.77. The zero-order valence-corrected chi connectivity index (χ0v) is 12.9. The maximum atomic E-state index is 11.5. The number of anilines is 1. The van der Waals surface area contributed by atoms with Gasteiger partial charge in [-0.25, -0.2) is 9.78 Å². The molecule has 120 valence electrons. The highest BCUT2D eigenvalue weighted by molar-refractivity contribution is 5.91. The highest BCUT2D eigenvalue weighted by Gasteiger charge is 2.22. The minimum absolute atomic E-state index is 0.458. The van der Waals surface area contributed by atoms with Crippen LogP contribution in [0, 0.1) is 0 Å². The molecule has 1 aliphatic rings. The van der Waals surface area contributed by atoms with Gasteiger partial charge in [-0.1, -0.05) is 0 Å². The molecule has 4 rings (SSSR count). The number of carbonyl (C=O) groups is 1. The average Bonchev–Trinajstić information content (AvgIpc) is 3.15. The third-order valence-corrected chi connectivity index (χ3v) is 4.20. The van der Waals surface area contributed by atoms with Crippen LogP contribution in [-0.2, 0) is 6.42 Å². The summed E-state index contributed by atoms with van der Waals surface area (Å²) in [6, 6.07) is 3.66. The van der Waals surface area contributed by atoms with Gasteiger partial charge in [-0.3, -0.25) is 15.0 Å². The van der Waals surface area contributed by atoms with Crippen molar-refractivity contribution in [3.63, 3.8) is 0 Å². The number of H-pyrrole nitrogens is 1. The fourth-order valence-corrected chi connectivity index (χ4v) is 3.00. The number of fused-ring (bicyclic) bond motifs is 1. The van der Waals surface area contributed by atoms with Gasteiger partial charge in [0.1, 0.15) is 5.82 Å². The fourth-order valence-electron chi connectivity index (χ4n) is 3.00. The molecular weight excluding hydrogens is 304 g/mol.